The minimum absolute atomic E-state index is 0.0501. The molecule has 0 bridgehead atoms. The Labute approximate surface area is 148 Å². The van der Waals surface area contributed by atoms with Crippen LogP contribution in [0.3, 0.4) is 0 Å². The van der Waals surface area contributed by atoms with Gasteiger partial charge < -0.3 is 9.47 Å². The summed E-state index contributed by atoms with van der Waals surface area (Å²) in [5.74, 6) is -0.442. The van der Waals surface area contributed by atoms with Crippen LogP contribution in [0, 0.1) is 0 Å². The largest absolute Gasteiger partial charge is 0.469 e. The molecule has 0 aliphatic carbocycles. The Bertz CT molecular complexity index is 315. The summed E-state index contributed by atoms with van der Waals surface area (Å²) in [6.45, 7) is 4.42. The third kappa shape index (κ3) is 14.5. The molecule has 0 heterocycles. The molecule has 0 spiro atoms. The monoisotopic (exact) mass is 342 g/mol. The molecule has 1 atom stereocenters. The Hall–Kier alpha value is -1.06. The number of carbonyl (C=O) groups is 2. The minimum atomic E-state index is -0.269. The number of unbranched alkanes of at least 4 members (excludes halogenated alkanes) is 7. The zero-order valence-electron chi connectivity index (χ0n) is 16.1. The maximum absolute atomic E-state index is 12.0. The van der Waals surface area contributed by atoms with E-state index in [4.69, 9.17) is 4.74 Å². The molecule has 0 amide bonds. The first kappa shape index (κ1) is 22.9. The van der Waals surface area contributed by atoms with Crippen molar-refractivity contribution in [1.29, 1.82) is 0 Å². The van der Waals surface area contributed by atoms with E-state index in [1.807, 2.05) is 0 Å². The van der Waals surface area contributed by atoms with Crippen LogP contribution < -0.4 is 0 Å². The molecule has 0 aromatic heterocycles. The summed E-state index contributed by atoms with van der Waals surface area (Å²) >= 11 is 0. The Morgan fingerprint density at radius 3 is 1.75 bits per heavy atom. The van der Waals surface area contributed by atoms with E-state index in [2.05, 4.69) is 18.6 Å². The van der Waals surface area contributed by atoms with E-state index in [1.54, 1.807) is 0 Å². The first-order chi connectivity index (χ1) is 11.6. The summed E-state index contributed by atoms with van der Waals surface area (Å²) in [5.41, 5.74) is 0. The third-order valence-electron chi connectivity index (χ3n) is 4.30. The lowest BCUT2D eigenvalue weighted by Gasteiger charge is -2.18. The summed E-state index contributed by atoms with van der Waals surface area (Å²) in [5, 5.41) is 0. The van der Waals surface area contributed by atoms with E-state index in [-0.39, 0.29) is 24.5 Å². The number of ether oxygens (including phenoxy) is 2. The van der Waals surface area contributed by atoms with E-state index in [1.165, 1.54) is 52.1 Å². The van der Waals surface area contributed by atoms with E-state index in [9.17, 15) is 9.59 Å². The van der Waals surface area contributed by atoms with Crippen molar-refractivity contribution in [3.8, 4) is 0 Å². The molecular formula is C20H38O4. The molecule has 142 valence electrons. The maximum atomic E-state index is 12.0. The summed E-state index contributed by atoms with van der Waals surface area (Å²) in [4.78, 5) is 23.0. The summed E-state index contributed by atoms with van der Waals surface area (Å²) in [7, 11) is 1.37. The lowest BCUT2D eigenvalue weighted by Crippen LogP contribution is -2.18. The number of carbonyl (C=O) groups excluding carboxylic acids is 2. The van der Waals surface area contributed by atoms with Crippen LogP contribution in [-0.2, 0) is 19.1 Å². The zero-order valence-corrected chi connectivity index (χ0v) is 16.1. The summed E-state index contributed by atoms with van der Waals surface area (Å²) < 4.78 is 10.2. The minimum Gasteiger partial charge on any atom is -0.469 e. The third-order valence-corrected chi connectivity index (χ3v) is 4.30. The van der Waals surface area contributed by atoms with Crippen molar-refractivity contribution >= 4 is 11.9 Å². The van der Waals surface area contributed by atoms with Crippen LogP contribution in [0.2, 0.25) is 0 Å². The van der Waals surface area contributed by atoms with Crippen molar-refractivity contribution < 1.29 is 19.1 Å². The standard InChI is InChI=1S/C20H38O4/c1-4-6-8-10-12-15-18(14-11-9-7-5-2)24-20(22)17-13-16-19(21)23-3/h18H,4-17H2,1-3H3. The van der Waals surface area contributed by atoms with Crippen LogP contribution in [0.5, 0.6) is 0 Å². The molecule has 0 saturated heterocycles. The van der Waals surface area contributed by atoms with Gasteiger partial charge in [0.25, 0.3) is 0 Å². The number of methoxy groups -OCH3 is 1. The van der Waals surface area contributed by atoms with Gasteiger partial charge in [0.15, 0.2) is 0 Å². The van der Waals surface area contributed by atoms with Crippen molar-refractivity contribution in [1.82, 2.24) is 0 Å². The van der Waals surface area contributed by atoms with Crippen LogP contribution >= 0.6 is 0 Å². The van der Waals surface area contributed by atoms with E-state index >= 15 is 0 Å². The SMILES string of the molecule is CCCCCCCC(CCCCCC)OC(=O)CCCC(=O)OC. The highest BCUT2D eigenvalue weighted by Crippen LogP contribution is 2.17. The highest BCUT2D eigenvalue weighted by Gasteiger charge is 2.14. The fraction of sp³-hybridized carbons (Fsp3) is 0.900. The summed E-state index contributed by atoms with van der Waals surface area (Å²) in [6.07, 6.45) is 14.0. The lowest BCUT2D eigenvalue weighted by molar-refractivity contribution is -0.150. The Morgan fingerprint density at radius 2 is 1.21 bits per heavy atom. The quantitative estimate of drug-likeness (QED) is 0.272. The average Bonchev–Trinajstić information content (AvgIpc) is 2.57. The Kier molecular flexibility index (Phi) is 16.0. The molecule has 0 aromatic carbocycles. The van der Waals surface area contributed by atoms with Gasteiger partial charge in [-0.3, -0.25) is 9.59 Å². The summed E-state index contributed by atoms with van der Waals surface area (Å²) in [6, 6.07) is 0. The van der Waals surface area contributed by atoms with Crippen molar-refractivity contribution in [2.24, 2.45) is 0 Å². The molecule has 0 N–H and O–H groups in total. The van der Waals surface area contributed by atoms with Gasteiger partial charge >= 0.3 is 11.9 Å². The molecule has 4 heteroatoms. The molecule has 0 fully saturated rings. The van der Waals surface area contributed by atoms with Gasteiger partial charge in [0.2, 0.25) is 0 Å². The number of hydrogen-bond acceptors (Lipinski definition) is 4. The molecule has 0 aromatic rings. The smallest absolute Gasteiger partial charge is 0.306 e. The van der Waals surface area contributed by atoms with Crippen LogP contribution in [0.25, 0.3) is 0 Å². The van der Waals surface area contributed by atoms with Crippen LogP contribution in [-0.4, -0.2) is 25.2 Å². The zero-order chi connectivity index (χ0) is 18.0. The molecule has 0 radical (unpaired) electrons. The number of rotatable bonds is 16. The predicted octanol–water partition coefficient (Wildman–Crippen LogP) is 5.57. The van der Waals surface area contributed by atoms with E-state index < -0.39 is 0 Å². The molecule has 0 aliphatic rings. The Morgan fingerprint density at radius 1 is 0.708 bits per heavy atom. The molecule has 0 saturated carbocycles. The number of esters is 2. The van der Waals surface area contributed by atoms with Crippen molar-refractivity contribution in [3.05, 3.63) is 0 Å². The molecular weight excluding hydrogens is 304 g/mol. The van der Waals surface area contributed by atoms with Gasteiger partial charge in [-0.15, -0.1) is 0 Å². The van der Waals surface area contributed by atoms with Gasteiger partial charge in [0, 0.05) is 12.8 Å². The predicted molar refractivity (Wildman–Crippen MR) is 97.9 cm³/mol. The average molecular weight is 343 g/mol. The normalized spacial score (nSPS) is 12.0. The van der Waals surface area contributed by atoms with Gasteiger partial charge in [-0.25, -0.2) is 0 Å². The van der Waals surface area contributed by atoms with Gasteiger partial charge in [0.1, 0.15) is 6.10 Å². The van der Waals surface area contributed by atoms with Gasteiger partial charge in [0.05, 0.1) is 7.11 Å². The topological polar surface area (TPSA) is 52.6 Å². The maximum Gasteiger partial charge on any atom is 0.306 e. The lowest BCUT2D eigenvalue weighted by atomic mass is 10.0. The van der Waals surface area contributed by atoms with Crippen molar-refractivity contribution in [2.45, 2.75) is 110 Å². The van der Waals surface area contributed by atoms with Gasteiger partial charge in [-0.05, 0) is 32.1 Å². The fourth-order valence-corrected chi connectivity index (χ4v) is 2.76. The molecule has 0 rings (SSSR count). The molecule has 0 aliphatic heterocycles. The van der Waals surface area contributed by atoms with Crippen LogP contribution in [0.15, 0.2) is 0 Å². The second kappa shape index (κ2) is 16.8. The fourth-order valence-electron chi connectivity index (χ4n) is 2.76. The van der Waals surface area contributed by atoms with Crippen LogP contribution in [0.4, 0.5) is 0 Å². The second-order valence-electron chi connectivity index (χ2n) is 6.59. The van der Waals surface area contributed by atoms with Gasteiger partial charge in [-0.2, -0.15) is 0 Å². The number of hydrogen-bond donors (Lipinski definition) is 0. The van der Waals surface area contributed by atoms with Crippen molar-refractivity contribution in [3.63, 3.8) is 0 Å². The van der Waals surface area contributed by atoms with Gasteiger partial charge in [-0.1, -0.05) is 58.8 Å². The first-order valence-corrected chi connectivity index (χ1v) is 9.90. The van der Waals surface area contributed by atoms with Crippen LogP contribution in [0.1, 0.15) is 104 Å². The van der Waals surface area contributed by atoms with E-state index in [0.717, 1.165) is 25.7 Å². The van der Waals surface area contributed by atoms with Crippen molar-refractivity contribution in [2.75, 3.05) is 7.11 Å². The van der Waals surface area contributed by atoms with E-state index in [0.29, 0.717) is 12.8 Å². The highest BCUT2D eigenvalue weighted by molar-refractivity contribution is 5.72. The second-order valence-corrected chi connectivity index (χ2v) is 6.59. The molecule has 1 unspecified atom stereocenters. The Balaban J connectivity index is 4.05. The molecule has 4 nitrogen and oxygen atoms in total. The highest BCUT2D eigenvalue weighted by atomic mass is 16.5. The molecule has 24 heavy (non-hydrogen) atoms. The first-order valence-electron chi connectivity index (χ1n) is 9.90.